The van der Waals surface area contributed by atoms with Gasteiger partial charge in [-0.05, 0) is 30.4 Å². The predicted molar refractivity (Wildman–Crippen MR) is 83.7 cm³/mol. The first-order valence-electron chi connectivity index (χ1n) is 6.58. The average Bonchev–Trinajstić information content (AvgIpc) is 2.79. The molecule has 2 rings (SSSR count). The quantitative estimate of drug-likeness (QED) is 0.815. The van der Waals surface area contributed by atoms with Crippen molar-refractivity contribution in [3.05, 3.63) is 34.3 Å². The SMILES string of the molecule is CCCSc1c(C#N)c(N)nn1-c1ccc(C(F)(F)F)cc1Cl. The molecular formula is C14H12ClF3N4S. The van der Waals surface area contributed by atoms with Crippen LogP contribution in [0.3, 0.4) is 0 Å². The van der Waals surface area contributed by atoms with Gasteiger partial charge in [0, 0.05) is 0 Å². The number of halogens is 4. The van der Waals surface area contributed by atoms with E-state index >= 15 is 0 Å². The van der Waals surface area contributed by atoms with Gasteiger partial charge in [0.25, 0.3) is 0 Å². The molecule has 0 bridgehead atoms. The van der Waals surface area contributed by atoms with Gasteiger partial charge in [-0.2, -0.15) is 18.4 Å². The van der Waals surface area contributed by atoms with E-state index in [0.717, 1.165) is 18.6 Å². The van der Waals surface area contributed by atoms with Gasteiger partial charge in [0.05, 0.1) is 16.3 Å². The van der Waals surface area contributed by atoms with E-state index in [-0.39, 0.29) is 22.1 Å². The summed E-state index contributed by atoms with van der Waals surface area (Å²) in [5.41, 5.74) is 5.30. The van der Waals surface area contributed by atoms with Crippen LogP contribution in [0.15, 0.2) is 23.2 Å². The van der Waals surface area contributed by atoms with Crippen LogP contribution in [0.25, 0.3) is 5.69 Å². The summed E-state index contributed by atoms with van der Waals surface area (Å²) in [5.74, 6) is 0.722. The molecule has 0 atom stereocenters. The van der Waals surface area contributed by atoms with Crippen molar-refractivity contribution in [1.82, 2.24) is 9.78 Å². The number of nitriles is 1. The molecule has 23 heavy (non-hydrogen) atoms. The molecule has 0 aliphatic heterocycles. The highest BCUT2D eigenvalue weighted by molar-refractivity contribution is 7.99. The van der Waals surface area contributed by atoms with E-state index in [1.165, 1.54) is 22.5 Å². The minimum atomic E-state index is -4.48. The van der Waals surface area contributed by atoms with E-state index in [2.05, 4.69) is 5.10 Å². The average molecular weight is 361 g/mol. The summed E-state index contributed by atoms with van der Waals surface area (Å²) in [5, 5.41) is 13.6. The standard InChI is InChI=1S/C14H12ClF3N4S/c1-2-5-23-13-9(7-19)12(20)21-22(13)11-4-3-8(6-10(11)15)14(16,17)18/h3-4,6H,2,5H2,1H3,(H2,20,21). The van der Waals surface area contributed by atoms with Gasteiger partial charge in [-0.3, -0.25) is 0 Å². The second kappa shape index (κ2) is 6.72. The van der Waals surface area contributed by atoms with E-state index in [1.54, 1.807) is 0 Å². The summed E-state index contributed by atoms with van der Waals surface area (Å²) >= 11 is 7.34. The molecule has 0 saturated carbocycles. The molecule has 0 unspecified atom stereocenters. The van der Waals surface area contributed by atoms with Crippen LogP contribution < -0.4 is 5.73 Å². The molecule has 2 N–H and O–H groups in total. The fraction of sp³-hybridized carbons (Fsp3) is 0.286. The Morgan fingerprint density at radius 3 is 2.65 bits per heavy atom. The second-order valence-corrected chi connectivity index (χ2v) is 6.09. The van der Waals surface area contributed by atoms with Crippen molar-refractivity contribution in [3.8, 4) is 11.8 Å². The van der Waals surface area contributed by atoms with Crippen molar-refractivity contribution in [2.75, 3.05) is 11.5 Å². The summed E-state index contributed by atoms with van der Waals surface area (Å²) in [6.07, 6.45) is -3.63. The number of nitrogen functional groups attached to an aromatic ring is 1. The first kappa shape index (κ1) is 17.5. The van der Waals surface area contributed by atoms with Crippen LogP contribution >= 0.6 is 23.4 Å². The van der Waals surface area contributed by atoms with Crippen molar-refractivity contribution < 1.29 is 13.2 Å². The number of benzene rings is 1. The van der Waals surface area contributed by atoms with Gasteiger partial charge in [-0.25, -0.2) is 4.68 Å². The third-order valence-electron chi connectivity index (χ3n) is 2.93. The van der Waals surface area contributed by atoms with Crippen molar-refractivity contribution in [2.45, 2.75) is 24.5 Å². The minimum Gasteiger partial charge on any atom is -0.381 e. The maximum Gasteiger partial charge on any atom is 0.416 e. The predicted octanol–water partition coefficient (Wildman–Crippen LogP) is 4.50. The highest BCUT2D eigenvalue weighted by atomic mass is 35.5. The maximum atomic E-state index is 12.7. The summed E-state index contributed by atoms with van der Waals surface area (Å²) in [6, 6.07) is 4.93. The zero-order valence-corrected chi connectivity index (χ0v) is 13.6. The Labute approximate surface area is 140 Å². The van der Waals surface area contributed by atoms with Gasteiger partial charge in [0.1, 0.15) is 16.7 Å². The summed E-state index contributed by atoms with van der Waals surface area (Å²) in [7, 11) is 0. The first-order valence-corrected chi connectivity index (χ1v) is 7.94. The molecule has 0 radical (unpaired) electrons. The van der Waals surface area contributed by atoms with E-state index in [0.29, 0.717) is 10.8 Å². The molecule has 1 aromatic heterocycles. The highest BCUT2D eigenvalue weighted by Crippen LogP contribution is 2.36. The van der Waals surface area contributed by atoms with Crippen molar-refractivity contribution in [1.29, 1.82) is 5.26 Å². The smallest absolute Gasteiger partial charge is 0.381 e. The zero-order chi connectivity index (χ0) is 17.2. The number of rotatable bonds is 4. The molecule has 2 aromatic rings. The Morgan fingerprint density at radius 2 is 2.13 bits per heavy atom. The molecule has 0 aliphatic rings. The van der Waals surface area contributed by atoms with Crippen molar-refractivity contribution in [3.63, 3.8) is 0 Å². The lowest BCUT2D eigenvalue weighted by Crippen LogP contribution is -2.07. The van der Waals surface area contributed by atoms with Gasteiger partial charge in [-0.1, -0.05) is 18.5 Å². The number of alkyl halides is 3. The molecule has 0 amide bonds. The molecular weight excluding hydrogens is 349 g/mol. The van der Waals surface area contributed by atoms with E-state index in [1.807, 2.05) is 13.0 Å². The summed E-state index contributed by atoms with van der Waals surface area (Å²) in [4.78, 5) is 0. The number of nitrogens with zero attached hydrogens (tertiary/aromatic N) is 3. The van der Waals surface area contributed by atoms with Gasteiger partial charge in [0.2, 0.25) is 0 Å². The molecule has 0 aliphatic carbocycles. The summed E-state index contributed by atoms with van der Waals surface area (Å²) in [6.45, 7) is 1.97. The van der Waals surface area contributed by atoms with Crippen LogP contribution in [0, 0.1) is 11.3 Å². The molecule has 9 heteroatoms. The lowest BCUT2D eigenvalue weighted by atomic mass is 10.2. The summed E-state index contributed by atoms with van der Waals surface area (Å²) < 4.78 is 39.5. The van der Waals surface area contributed by atoms with Crippen LogP contribution in [0.2, 0.25) is 5.02 Å². The molecule has 4 nitrogen and oxygen atoms in total. The van der Waals surface area contributed by atoms with Crippen LogP contribution in [-0.4, -0.2) is 15.5 Å². The van der Waals surface area contributed by atoms with Crippen LogP contribution in [-0.2, 0) is 6.18 Å². The van der Waals surface area contributed by atoms with Crippen molar-refractivity contribution in [2.24, 2.45) is 0 Å². The van der Waals surface area contributed by atoms with E-state index in [4.69, 9.17) is 17.3 Å². The van der Waals surface area contributed by atoms with E-state index in [9.17, 15) is 18.4 Å². The first-order chi connectivity index (χ1) is 10.8. The number of hydrogen-bond donors (Lipinski definition) is 1. The minimum absolute atomic E-state index is 0.0158. The van der Waals surface area contributed by atoms with E-state index < -0.39 is 11.7 Å². The third kappa shape index (κ3) is 3.57. The Balaban J connectivity index is 2.56. The van der Waals surface area contributed by atoms with Crippen LogP contribution in [0.5, 0.6) is 0 Å². The fourth-order valence-electron chi connectivity index (χ4n) is 1.87. The Morgan fingerprint density at radius 1 is 1.43 bits per heavy atom. The Kier molecular flexibility index (Phi) is 5.12. The topological polar surface area (TPSA) is 67.6 Å². The third-order valence-corrected chi connectivity index (χ3v) is 4.49. The molecule has 0 spiro atoms. The van der Waals surface area contributed by atoms with Crippen LogP contribution in [0.4, 0.5) is 19.0 Å². The number of nitrogens with two attached hydrogens (primary N) is 1. The van der Waals surface area contributed by atoms with Crippen molar-refractivity contribution >= 4 is 29.2 Å². The van der Waals surface area contributed by atoms with Crippen LogP contribution in [0.1, 0.15) is 24.5 Å². The second-order valence-electron chi connectivity index (χ2n) is 4.60. The highest BCUT2D eigenvalue weighted by Gasteiger charge is 2.31. The monoisotopic (exact) mass is 360 g/mol. The molecule has 0 fully saturated rings. The van der Waals surface area contributed by atoms with Gasteiger partial charge in [0.15, 0.2) is 5.82 Å². The molecule has 122 valence electrons. The number of thioether (sulfide) groups is 1. The Hall–Kier alpha value is -1.85. The van der Waals surface area contributed by atoms with Gasteiger partial charge < -0.3 is 5.73 Å². The Bertz CT molecular complexity index is 765. The van der Waals surface area contributed by atoms with Gasteiger partial charge in [-0.15, -0.1) is 16.9 Å². The van der Waals surface area contributed by atoms with Gasteiger partial charge >= 0.3 is 6.18 Å². The molecule has 1 aromatic carbocycles. The lowest BCUT2D eigenvalue weighted by Gasteiger charge is -2.12. The maximum absolute atomic E-state index is 12.7. The largest absolute Gasteiger partial charge is 0.416 e. The normalized spacial score (nSPS) is 11.5. The molecule has 1 heterocycles. The zero-order valence-electron chi connectivity index (χ0n) is 12.0. The number of anilines is 1. The lowest BCUT2D eigenvalue weighted by molar-refractivity contribution is -0.137. The number of aromatic nitrogens is 2. The molecule has 0 saturated heterocycles. The number of hydrogen-bond acceptors (Lipinski definition) is 4. The fourth-order valence-corrected chi connectivity index (χ4v) is 3.09.